The van der Waals surface area contributed by atoms with Crippen molar-refractivity contribution in [3.8, 4) is 0 Å². The first-order valence-electron chi connectivity index (χ1n) is 9.16. The van der Waals surface area contributed by atoms with Gasteiger partial charge in [0, 0.05) is 10.8 Å². The number of ether oxygens (including phenoxy) is 2. The Bertz CT molecular complexity index is 604. The van der Waals surface area contributed by atoms with E-state index in [0.29, 0.717) is 19.3 Å². The van der Waals surface area contributed by atoms with Crippen LogP contribution < -0.4 is 0 Å². The summed E-state index contributed by atoms with van der Waals surface area (Å²) < 4.78 is 11.7. The van der Waals surface area contributed by atoms with Crippen molar-refractivity contribution in [3.63, 3.8) is 0 Å². The second-order valence-electron chi connectivity index (χ2n) is 8.90. The summed E-state index contributed by atoms with van der Waals surface area (Å²) in [5, 5.41) is 9.85. The van der Waals surface area contributed by atoms with E-state index >= 15 is 0 Å². The van der Waals surface area contributed by atoms with E-state index in [4.69, 9.17) is 9.47 Å². The predicted octanol–water partition coefficient (Wildman–Crippen LogP) is 3.01. The molecule has 0 aromatic carbocycles. The van der Waals surface area contributed by atoms with Gasteiger partial charge in [0.2, 0.25) is 0 Å². The monoisotopic (exact) mass is 332 g/mol. The molecule has 4 nitrogen and oxygen atoms in total. The van der Waals surface area contributed by atoms with E-state index in [1.807, 2.05) is 12.2 Å². The van der Waals surface area contributed by atoms with Crippen LogP contribution in [-0.2, 0) is 14.3 Å². The molecule has 0 amide bonds. The molecule has 2 aliphatic heterocycles. The molecule has 2 saturated carbocycles. The number of fused-ring (bicyclic) bond motifs is 1. The SMILES string of the molecule is CC(C)(O)/C=C/C=C1/COC(=O)[C@@H]2[C@@H]1CC[C@]1(C)C3CC[C@]21CO3. The van der Waals surface area contributed by atoms with Gasteiger partial charge in [0.15, 0.2) is 0 Å². The molecule has 1 N–H and O–H groups in total. The molecule has 5 atom stereocenters. The molecule has 2 aliphatic carbocycles. The summed E-state index contributed by atoms with van der Waals surface area (Å²) >= 11 is 0. The molecule has 2 bridgehead atoms. The maximum absolute atomic E-state index is 12.7. The second-order valence-corrected chi connectivity index (χ2v) is 8.90. The van der Waals surface area contributed by atoms with E-state index in [-0.39, 0.29) is 28.6 Å². The Balaban J connectivity index is 1.67. The fourth-order valence-corrected chi connectivity index (χ4v) is 5.80. The van der Waals surface area contributed by atoms with Crippen molar-refractivity contribution < 1.29 is 19.4 Å². The lowest BCUT2D eigenvalue weighted by Crippen LogP contribution is -2.55. The van der Waals surface area contributed by atoms with Crippen LogP contribution in [0.4, 0.5) is 0 Å². The van der Waals surface area contributed by atoms with E-state index < -0.39 is 5.60 Å². The van der Waals surface area contributed by atoms with Crippen LogP contribution in [-0.4, -0.2) is 36.0 Å². The highest BCUT2D eigenvalue weighted by molar-refractivity contribution is 5.77. The molecule has 0 aromatic rings. The lowest BCUT2D eigenvalue weighted by molar-refractivity contribution is -0.168. The van der Waals surface area contributed by atoms with Crippen LogP contribution in [0.15, 0.2) is 23.8 Å². The molecule has 4 heteroatoms. The molecule has 24 heavy (non-hydrogen) atoms. The molecule has 2 saturated heterocycles. The van der Waals surface area contributed by atoms with Crippen LogP contribution in [0.1, 0.15) is 46.5 Å². The minimum Gasteiger partial charge on any atom is -0.461 e. The van der Waals surface area contributed by atoms with Gasteiger partial charge in [-0.2, -0.15) is 0 Å². The standard InChI is InChI=1S/C20H28O4/c1-18(2,22)8-4-5-13-11-23-17(21)16-14(13)6-9-19(3)15-7-10-20(16,19)12-24-15/h4-5,8,14-16,22H,6-7,9-12H2,1-3H3/b8-4+,13-5-/t14-,15?,16+,19-,20+/m1/s1. The molecule has 132 valence electrons. The van der Waals surface area contributed by atoms with Crippen LogP contribution >= 0.6 is 0 Å². The van der Waals surface area contributed by atoms with E-state index in [1.165, 1.54) is 5.57 Å². The Morgan fingerprint density at radius 1 is 1.29 bits per heavy atom. The quantitative estimate of drug-likeness (QED) is 0.790. The van der Waals surface area contributed by atoms with Crippen LogP contribution in [0, 0.1) is 22.7 Å². The van der Waals surface area contributed by atoms with Gasteiger partial charge in [0.1, 0.15) is 6.61 Å². The Labute approximate surface area is 143 Å². The minimum atomic E-state index is -0.830. The first-order valence-corrected chi connectivity index (χ1v) is 9.16. The van der Waals surface area contributed by atoms with Crippen molar-refractivity contribution in [2.75, 3.05) is 13.2 Å². The minimum absolute atomic E-state index is 0.0271. The van der Waals surface area contributed by atoms with Crippen molar-refractivity contribution in [2.24, 2.45) is 22.7 Å². The largest absolute Gasteiger partial charge is 0.461 e. The third-order valence-electron chi connectivity index (χ3n) is 7.14. The van der Waals surface area contributed by atoms with Gasteiger partial charge in [0.25, 0.3) is 0 Å². The number of hydrogen-bond donors (Lipinski definition) is 1. The highest BCUT2D eigenvalue weighted by Gasteiger charge is 2.71. The van der Waals surface area contributed by atoms with Gasteiger partial charge in [-0.15, -0.1) is 0 Å². The normalized spacial score (nSPS) is 46.2. The van der Waals surface area contributed by atoms with Crippen molar-refractivity contribution in [1.29, 1.82) is 0 Å². The summed E-state index contributed by atoms with van der Waals surface area (Å²) in [7, 11) is 0. The number of hydrogen-bond acceptors (Lipinski definition) is 4. The van der Waals surface area contributed by atoms with Crippen molar-refractivity contribution in [1.82, 2.24) is 0 Å². The zero-order chi connectivity index (χ0) is 17.2. The average Bonchev–Trinajstić information content (AvgIpc) is 2.96. The van der Waals surface area contributed by atoms with E-state index in [1.54, 1.807) is 19.9 Å². The summed E-state index contributed by atoms with van der Waals surface area (Å²) in [5.41, 5.74) is 0.436. The van der Waals surface area contributed by atoms with E-state index in [0.717, 1.165) is 25.7 Å². The summed E-state index contributed by atoms with van der Waals surface area (Å²) in [5.74, 6) is 0.159. The Morgan fingerprint density at radius 3 is 2.75 bits per heavy atom. The molecule has 1 unspecified atom stereocenters. The van der Waals surface area contributed by atoms with Gasteiger partial charge in [-0.1, -0.05) is 25.2 Å². The van der Waals surface area contributed by atoms with Gasteiger partial charge in [-0.05, 0) is 51.0 Å². The first-order chi connectivity index (χ1) is 11.3. The fraction of sp³-hybridized carbons (Fsp3) is 0.750. The summed E-state index contributed by atoms with van der Waals surface area (Å²) in [6.07, 6.45) is 10.3. The number of allylic oxidation sites excluding steroid dienone is 2. The zero-order valence-electron chi connectivity index (χ0n) is 14.9. The van der Waals surface area contributed by atoms with E-state index in [9.17, 15) is 9.90 Å². The number of carbonyl (C=O) groups is 1. The average molecular weight is 332 g/mol. The van der Waals surface area contributed by atoms with Gasteiger partial charge < -0.3 is 14.6 Å². The highest BCUT2D eigenvalue weighted by atomic mass is 16.5. The summed E-state index contributed by atoms with van der Waals surface area (Å²) in [4.78, 5) is 12.7. The van der Waals surface area contributed by atoms with Gasteiger partial charge in [-0.3, -0.25) is 4.79 Å². The maximum atomic E-state index is 12.7. The number of carbonyl (C=O) groups excluding carboxylic acids is 1. The molecular weight excluding hydrogens is 304 g/mol. The summed E-state index contributed by atoms with van der Waals surface area (Å²) in [6.45, 7) is 6.92. The fourth-order valence-electron chi connectivity index (χ4n) is 5.80. The molecule has 0 radical (unpaired) electrons. The van der Waals surface area contributed by atoms with Crippen molar-refractivity contribution in [3.05, 3.63) is 23.8 Å². The molecule has 2 heterocycles. The van der Waals surface area contributed by atoms with E-state index in [2.05, 4.69) is 6.92 Å². The Hall–Kier alpha value is -1.13. The lowest BCUT2D eigenvalue weighted by Gasteiger charge is -2.53. The number of aliphatic hydroxyl groups is 1. The third kappa shape index (κ3) is 2.15. The predicted molar refractivity (Wildman–Crippen MR) is 90.2 cm³/mol. The molecule has 0 aromatic heterocycles. The molecule has 4 rings (SSSR count). The van der Waals surface area contributed by atoms with Gasteiger partial charge in [0.05, 0.1) is 24.2 Å². The summed E-state index contributed by atoms with van der Waals surface area (Å²) in [6, 6.07) is 0. The molecule has 0 spiro atoms. The first kappa shape index (κ1) is 16.3. The molecular formula is C20H28O4. The Morgan fingerprint density at radius 2 is 2.08 bits per heavy atom. The number of cyclic esters (lactones) is 1. The smallest absolute Gasteiger partial charge is 0.310 e. The van der Waals surface area contributed by atoms with Crippen LogP contribution in [0.25, 0.3) is 0 Å². The van der Waals surface area contributed by atoms with Crippen LogP contribution in [0.2, 0.25) is 0 Å². The van der Waals surface area contributed by atoms with Crippen LogP contribution in [0.3, 0.4) is 0 Å². The van der Waals surface area contributed by atoms with Crippen molar-refractivity contribution >= 4 is 5.97 Å². The molecule has 4 fully saturated rings. The molecule has 4 aliphatic rings. The zero-order valence-corrected chi connectivity index (χ0v) is 14.9. The van der Waals surface area contributed by atoms with Gasteiger partial charge >= 0.3 is 5.97 Å². The number of rotatable bonds is 2. The van der Waals surface area contributed by atoms with Gasteiger partial charge in [-0.25, -0.2) is 0 Å². The third-order valence-corrected chi connectivity index (χ3v) is 7.14. The van der Waals surface area contributed by atoms with Crippen LogP contribution in [0.5, 0.6) is 0 Å². The second kappa shape index (κ2) is 5.18. The maximum Gasteiger partial charge on any atom is 0.310 e. The lowest BCUT2D eigenvalue weighted by atomic mass is 9.50. The topological polar surface area (TPSA) is 55.8 Å². The number of esters is 1. The van der Waals surface area contributed by atoms with Crippen molar-refractivity contribution in [2.45, 2.75) is 58.2 Å². The highest BCUT2D eigenvalue weighted by Crippen LogP contribution is 2.70. The Kier molecular flexibility index (Phi) is 3.53.